The number of non-ortho nitro benzene ring substituents is 1. The molecule has 3 aromatic rings. The lowest BCUT2D eigenvalue weighted by Crippen LogP contribution is -1.99. The number of nitro groups is 2. The van der Waals surface area contributed by atoms with Gasteiger partial charge in [-0.3, -0.25) is 20.2 Å². The van der Waals surface area contributed by atoms with Gasteiger partial charge in [-0.15, -0.1) is 0 Å². The highest BCUT2D eigenvalue weighted by Gasteiger charge is 2.17. The fourth-order valence-electron chi connectivity index (χ4n) is 2.24. The molecule has 0 aliphatic carbocycles. The van der Waals surface area contributed by atoms with Crippen LogP contribution in [-0.2, 0) is 6.54 Å². The Labute approximate surface area is 117 Å². The lowest BCUT2D eigenvalue weighted by Gasteiger charge is -2.03. The van der Waals surface area contributed by atoms with E-state index in [0.717, 1.165) is 5.39 Å². The largest absolute Gasteiger partial charge is 0.433 e. The van der Waals surface area contributed by atoms with Crippen LogP contribution in [-0.4, -0.2) is 14.4 Å². The maximum atomic E-state index is 11.1. The van der Waals surface area contributed by atoms with Crippen LogP contribution in [0.5, 0.6) is 0 Å². The van der Waals surface area contributed by atoms with Crippen LogP contribution in [0.3, 0.4) is 0 Å². The highest BCUT2D eigenvalue weighted by atomic mass is 16.6. The molecule has 0 amide bonds. The van der Waals surface area contributed by atoms with E-state index < -0.39 is 9.85 Å². The number of aromatic nitrogens is 1. The van der Waals surface area contributed by atoms with Gasteiger partial charge in [-0.2, -0.15) is 0 Å². The van der Waals surface area contributed by atoms with Crippen LogP contribution in [0, 0.1) is 20.2 Å². The van der Waals surface area contributed by atoms with Crippen molar-refractivity contribution in [2.45, 2.75) is 6.54 Å². The molecule has 0 atom stereocenters. The first kappa shape index (κ1) is 12.9. The summed E-state index contributed by atoms with van der Waals surface area (Å²) >= 11 is 0. The van der Waals surface area contributed by atoms with Gasteiger partial charge < -0.3 is 8.98 Å². The summed E-state index contributed by atoms with van der Waals surface area (Å²) in [7, 11) is 0. The van der Waals surface area contributed by atoms with Gasteiger partial charge in [0.2, 0.25) is 0 Å². The quantitative estimate of drug-likeness (QED) is 0.541. The summed E-state index contributed by atoms with van der Waals surface area (Å²) in [6.07, 6.45) is 1.69. The second-order valence-corrected chi connectivity index (χ2v) is 4.41. The Hall–Kier alpha value is -3.16. The molecule has 0 N–H and O–H groups in total. The predicted octanol–water partition coefficient (Wildman–Crippen LogP) is 3.10. The SMILES string of the molecule is O=[N+]([O-])c1ccc(Cn2ccc3cccc([N+](=O)[O-])c32)o1. The molecule has 0 bridgehead atoms. The number of hydrogen-bond donors (Lipinski definition) is 0. The molecular weight excluding hydrogens is 278 g/mol. The minimum Gasteiger partial charge on any atom is -0.404 e. The maximum absolute atomic E-state index is 11.1. The maximum Gasteiger partial charge on any atom is 0.433 e. The molecule has 0 saturated heterocycles. The topological polar surface area (TPSA) is 104 Å². The fraction of sp³-hybridized carbons (Fsp3) is 0.0769. The third-order valence-corrected chi connectivity index (χ3v) is 3.12. The second-order valence-electron chi connectivity index (χ2n) is 4.41. The third-order valence-electron chi connectivity index (χ3n) is 3.12. The minimum atomic E-state index is -0.625. The number of furan rings is 1. The van der Waals surface area contributed by atoms with Crippen molar-refractivity contribution < 1.29 is 14.3 Å². The zero-order valence-corrected chi connectivity index (χ0v) is 10.6. The molecule has 2 aromatic heterocycles. The zero-order chi connectivity index (χ0) is 15.0. The van der Waals surface area contributed by atoms with E-state index in [-0.39, 0.29) is 18.1 Å². The van der Waals surface area contributed by atoms with Gasteiger partial charge in [0.25, 0.3) is 5.69 Å². The number of nitrogens with zero attached hydrogens (tertiary/aromatic N) is 3. The van der Waals surface area contributed by atoms with Crippen molar-refractivity contribution in [1.29, 1.82) is 0 Å². The van der Waals surface area contributed by atoms with Crippen molar-refractivity contribution in [3.8, 4) is 0 Å². The van der Waals surface area contributed by atoms with E-state index in [9.17, 15) is 20.2 Å². The van der Waals surface area contributed by atoms with Gasteiger partial charge in [-0.25, -0.2) is 0 Å². The summed E-state index contributed by atoms with van der Waals surface area (Å²) in [5.74, 6) is 0.00770. The van der Waals surface area contributed by atoms with Crippen LogP contribution in [0.25, 0.3) is 10.9 Å². The molecule has 0 aliphatic heterocycles. The number of hydrogen-bond acceptors (Lipinski definition) is 5. The molecule has 8 nitrogen and oxygen atoms in total. The highest BCUT2D eigenvalue weighted by Crippen LogP contribution is 2.27. The van der Waals surface area contributed by atoms with E-state index >= 15 is 0 Å². The minimum absolute atomic E-state index is 0.0152. The number of rotatable bonds is 4. The van der Waals surface area contributed by atoms with E-state index in [1.54, 1.807) is 29.0 Å². The number of benzene rings is 1. The zero-order valence-electron chi connectivity index (χ0n) is 10.6. The summed E-state index contributed by atoms with van der Waals surface area (Å²) in [6.45, 7) is 0.183. The Morgan fingerprint density at radius 3 is 2.52 bits per heavy atom. The molecule has 0 spiro atoms. The Bertz CT molecular complexity index is 848. The summed E-state index contributed by atoms with van der Waals surface area (Å²) in [5.41, 5.74) is 0.445. The van der Waals surface area contributed by atoms with E-state index in [0.29, 0.717) is 11.3 Å². The Kier molecular flexibility index (Phi) is 2.90. The van der Waals surface area contributed by atoms with Gasteiger partial charge in [0.15, 0.2) is 0 Å². The van der Waals surface area contributed by atoms with Gasteiger partial charge in [0.1, 0.15) is 16.2 Å². The first-order valence-electron chi connectivity index (χ1n) is 6.01. The van der Waals surface area contributed by atoms with E-state index in [2.05, 4.69) is 0 Å². The Balaban J connectivity index is 2.04. The molecule has 0 aliphatic rings. The molecule has 1 aromatic carbocycles. The molecule has 21 heavy (non-hydrogen) atoms. The van der Waals surface area contributed by atoms with Crippen molar-refractivity contribution in [1.82, 2.24) is 4.57 Å². The van der Waals surface area contributed by atoms with Gasteiger partial charge >= 0.3 is 5.88 Å². The van der Waals surface area contributed by atoms with Crippen molar-refractivity contribution in [2.75, 3.05) is 0 Å². The van der Waals surface area contributed by atoms with Gasteiger partial charge in [0, 0.05) is 17.6 Å². The average Bonchev–Trinajstić information content (AvgIpc) is 3.06. The lowest BCUT2D eigenvalue weighted by molar-refractivity contribution is -0.402. The number of para-hydroxylation sites is 1. The summed E-state index contributed by atoms with van der Waals surface area (Å²) in [4.78, 5) is 20.6. The van der Waals surface area contributed by atoms with Crippen LogP contribution in [0.4, 0.5) is 11.6 Å². The van der Waals surface area contributed by atoms with Crippen LogP contribution in [0.15, 0.2) is 47.0 Å². The molecule has 0 fully saturated rings. The van der Waals surface area contributed by atoms with Crippen molar-refractivity contribution in [3.05, 3.63) is 68.6 Å². The van der Waals surface area contributed by atoms with Gasteiger partial charge in [-0.1, -0.05) is 12.1 Å². The molecule has 0 saturated carbocycles. The molecule has 0 radical (unpaired) electrons. The van der Waals surface area contributed by atoms with Crippen LogP contribution < -0.4 is 0 Å². The normalized spacial score (nSPS) is 10.9. The van der Waals surface area contributed by atoms with Gasteiger partial charge in [-0.05, 0) is 12.1 Å². The monoisotopic (exact) mass is 287 g/mol. The summed E-state index contributed by atoms with van der Waals surface area (Å²) in [6, 6.07) is 9.29. The van der Waals surface area contributed by atoms with Crippen LogP contribution in [0.1, 0.15) is 5.76 Å². The molecule has 2 heterocycles. The molecule has 8 heteroatoms. The first-order chi connectivity index (χ1) is 10.1. The molecule has 3 rings (SSSR count). The van der Waals surface area contributed by atoms with Gasteiger partial charge in [0.05, 0.1) is 17.5 Å². The fourth-order valence-corrected chi connectivity index (χ4v) is 2.24. The van der Waals surface area contributed by atoms with Crippen molar-refractivity contribution >= 4 is 22.5 Å². The van der Waals surface area contributed by atoms with E-state index in [4.69, 9.17) is 4.42 Å². The molecule has 106 valence electrons. The van der Waals surface area contributed by atoms with Crippen molar-refractivity contribution in [2.24, 2.45) is 0 Å². The van der Waals surface area contributed by atoms with E-state index in [1.165, 1.54) is 18.2 Å². The van der Waals surface area contributed by atoms with Crippen LogP contribution >= 0.6 is 0 Å². The Morgan fingerprint density at radius 2 is 1.86 bits per heavy atom. The number of nitro benzene ring substituents is 1. The lowest BCUT2D eigenvalue weighted by atomic mass is 10.2. The predicted molar refractivity (Wildman–Crippen MR) is 73.1 cm³/mol. The third kappa shape index (κ3) is 2.22. The Morgan fingerprint density at radius 1 is 1.05 bits per heavy atom. The second kappa shape index (κ2) is 4.75. The smallest absolute Gasteiger partial charge is 0.404 e. The van der Waals surface area contributed by atoms with E-state index in [1.807, 2.05) is 0 Å². The average molecular weight is 287 g/mol. The number of fused-ring (bicyclic) bond motifs is 1. The molecule has 0 unspecified atom stereocenters. The molecular formula is C13H9N3O5. The standard InChI is InChI=1S/C13H9N3O5/c17-15(18)11-3-1-2-9-6-7-14(13(9)11)8-10-4-5-12(21-10)16(19)20/h1-7H,8H2. The van der Waals surface area contributed by atoms with Crippen LogP contribution in [0.2, 0.25) is 0 Å². The highest BCUT2D eigenvalue weighted by molar-refractivity contribution is 5.88. The first-order valence-corrected chi connectivity index (χ1v) is 6.01. The summed E-state index contributed by atoms with van der Waals surface area (Å²) < 4.78 is 6.71. The summed E-state index contributed by atoms with van der Waals surface area (Å²) in [5, 5.41) is 22.4. The van der Waals surface area contributed by atoms with Crippen molar-refractivity contribution in [3.63, 3.8) is 0 Å².